The Morgan fingerprint density at radius 2 is 1.36 bits per heavy atom. The van der Waals surface area contributed by atoms with Crippen LogP contribution in [0.25, 0.3) is 0 Å². The van der Waals surface area contributed by atoms with Crippen LogP contribution in [0.5, 0.6) is 0 Å². The van der Waals surface area contributed by atoms with Crippen molar-refractivity contribution in [1.82, 2.24) is 0 Å². The molecule has 0 bridgehead atoms. The lowest BCUT2D eigenvalue weighted by molar-refractivity contribution is -0.111. The maximum Gasteiger partial charge on any atom is 0.123 e. The van der Waals surface area contributed by atoms with Crippen LogP contribution in [-0.2, 0) is 9.53 Å². The highest BCUT2D eigenvalue weighted by Crippen LogP contribution is 2.29. The van der Waals surface area contributed by atoms with E-state index < -0.39 is 0 Å². The van der Waals surface area contributed by atoms with E-state index in [4.69, 9.17) is 4.74 Å². The molecule has 0 aromatic carbocycles. The molecule has 0 aromatic heterocycles. The van der Waals surface area contributed by atoms with Crippen LogP contribution in [0.4, 0.5) is 0 Å². The molecular formula is C20H32O2. The van der Waals surface area contributed by atoms with E-state index in [1.165, 1.54) is 30.4 Å². The van der Waals surface area contributed by atoms with E-state index in [0.29, 0.717) is 11.8 Å². The molecule has 2 heteroatoms. The number of methoxy groups -OCH3 is 1. The summed E-state index contributed by atoms with van der Waals surface area (Å²) in [5.74, 6) is 1.01. The predicted octanol–water partition coefficient (Wildman–Crippen LogP) is 5.60. The number of ether oxygens (including phenoxy) is 1. The van der Waals surface area contributed by atoms with Gasteiger partial charge in [-0.25, -0.2) is 0 Å². The van der Waals surface area contributed by atoms with Crippen molar-refractivity contribution in [3.8, 4) is 0 Å². The number of hydrogen-bond acceptors (Lipinski definition) is 2. The van der Waals surface area contributed by atoms with Crippen molar-refractivity contribution in [1.29, 1.82) is 0 Å². The Hall–Kier alpha value is -1.31. The molecule has 0 aliphatic heterocycles. The van der Waals surface area contributed by atoms with Gasteiger partial charge >= 0.3 is 0 Å². The Morgan fingerprint density at radius 1 is 0.864 bits per heavy atom. The summed E-state index contributed by atoms with van der Waals surface area (Å²) in [6.07, 6.45) is 12.0. The molecule has 0 heterocycles. The SMILES string of the molecule is CC1=C(C)CC(C=O)CC1.CO/C=C/C1CCC(C)=C(C)C1. The number of carbonyl (C=O) groups is 1. The van der Waals surface area contributed by atoms with Crippen molar-refractivity contribution in [2.24, 2.45) is 11.8 Å². The number of aldehydes is 1. The predicted molar refractivity (Wildman–Crippen MR) is 93.6 cm³/mol. The minimum atomic E-state index is 0.309. The molecule has 124 valence electrons. The van der Waals surface area contributed by atoms with Gasteiger partial charge in [0.25, 0.3) is 0 Å². The number of hydrogen-bond donors (Lipinski definition) is 0. The van der Waals surface area contributed by atoms with Gasteiger partial charge in [0.05, 0.1) is 13.4 Å². The molecule has 2 unspecified atom stereocenters. The molecule has 2 rings (SSSR count). The summed E-state index contributed by atoms with van der Waals surface area (Å²) in [5, 5.41) is 0. The summed E-state index contributed by atoms with van der Waals surface area (Å²) >= 11 is 0. The van der Waals surface area contributed by atoms with Gasteiger partial charge in [-0.1, -0.05) is 22.3 Å². The Morgan fingerprint density at radius 3 is 1.82 bits per heavy atom. The van der Waals surface area contributed by atoms with E-state index in [-0.39, 0.29) is 0 Å². The van der Waals surface area contributed by atoms with Gasteiger partial charge in [-0.3, -0.25) is 0 Å². The van der Waals surface area contributed by atoms with Crippen LogP contribution in [0.3, 0.4) is 0 Å². The molecular weight excluding hydrogens is 272 g/mol. The third-order valence-electron chi connectivity index (χ3n) is 5.05. The van der Waals surface area contributed by atoms with Crippen LogP contribution in [0.2, 0.25) is 0 Å². The largest absolute Gasteiger partial charge is 0.505 e. The third-order valence-corrected chi connectivity index (χ3v) is 5.05. The second kappa shape index (κ2) is 9.66. The van der Waals surface area contributed by atoms with E-state index in [1.54, 1.807) is 24.5 Å². The molecule has 0 spiro atoms. The zero-order valence-electron chi connectivity index (χ0n) is 14.9. The van der Waals surface area contributed by atoms with Crippen molar-refractivity contribution in [3.05, 3.63) is 34.6 Å². The van der Waals surface area contributed by atoms with E-state index in [9.17, 15) is 4.79 Å². The van der Waals surface area contributed by atoms with Crippen LogP contribution < -0.4 is 0 Å². The third kappa shape index (κ3) is 6.21. The zero-order chi connectivity index (χ0) is 16.5. The minimum absolute atomic E-state index is 0.309. The van der Waals surface area contributed by atoms with Crippen molar-refractivity contribution in [2.45, 2.75) is 66.2 Å². The Bertz CT molecular complexity index is 454. The van der Waals surface area contributed by atoms with Crippen molar-refractivity contribution in [3.63, 3.8) is 0 Å². The first-order chi connectivity index (χ1) is 10.5. The Labute approximate surface area is 136 Å². The van der Waals surface area contributed by atoms with Gasteiger partial charge in [-0.15, -0.1) is 0 Å². The quantitative estimate of drug-likeness (QED) is 0.385. The van der Waals surface area contributed by atoms with Gasteiger partial charge in [0, 0.05) is 5.92 Å². The second-order valence-corrected chi connectivity index (χ2v) is 6.83. The van der Waals surface area contributed by atoms with E-state index in [1.807, 2.05) is 0 Å². The molecule has 0 radical (unpaired) electrons. The molecule has 2 aliphatic rings. The van der Waals surface area contributed by atoms with Gasteiger partial charge in [0.15, 0.2) is 0 Å². The summed E-state index contributed by atoms with van der Waals surface area (Å²) in [6, 6.07) is 0. The minimum Gasteiger partial charge on any atom is -0.505 e. The van der Waals surface area contributed by atoms with Gasteiger partial charge in [0.2, 0.25) is 0 Å². The topological polar surface area (TPSA) is 26.3 Å². The molecule has 2 nitrogen and oxygen atoms in total. The average molecular weight is 304 g/mol. The van der Waals surface area contributed by atoms with Crippen LogP contribution >= 0.6 is 0 Å². The van der Waals surface area contributed by atoms with E-state index in [0.717, 1.165) is 25.5 Å². The Balaban J connectivity index is 0.000000224. The highest BCUT2D eigenvalue weighted by molar-refractivity contribution is 5.54. The molecule has 2 atom stereocenters. The summed E-state index contributed by atoms with van der Waals surface area (Å²) in [4.78, 5) is 10.4. The highest BCUT2D eigenvalue weighted by atomic mass is 16.5. The van der Waals surface area contributed by atoms with Crippen LogP contribution in [-0.4, -0.2) is 13.4 Å². The lowest BCUT2D eigenvalue weighted by atomic mass is 9.85. The van der Waals surface area contributed by atoms with Gasteiger partial charge < -0.3 is 9.53 Å². The molecule has 22 heavy (non-hydrogen) atoms. The van der Waals surface area contributed by atoms with Crippen molar-refractivity contribution < 1.29 is 9.53 Å². The zero-order valence-corrected chi connectivity index (χ0v) is 14.9. The summed E-state index contributed by atoms with van der Waals surface area (Å²) in [6.45, 7) is 8.77. The lowest BCUT2D eigenvalue weighted by Gasteiger charge is -2.21. The molecule has 0 amide bonds. The molecule has 2 aliphatic carbocycles. The molecule has 0 saturated carbocycles. The van der Waals surface area contributed by atoms with Gasteiger partial charge in [-0.2, -0.15) is 0 Å². The molecule has 0 fully saturated rings. The van der Waals surface area contributed by atoms with E-state index >= 15 is 0 Å². The number of rotatable bonds is 3. The first-order valence-electron chi connectivity index (χ1n) is 8.43. The first kappa shape index (κ1) is 18.7. The first-order valence-corrected chi connectivity index (χ1v) is 8.43. The average Bonchev–Trinajstić information content (AvgIpc) is 2.52. The Kier molecular flexibility index (Phi) is 8.22. The summed E-state index contributed by atoms with van der Waals surface area (Å²) in [7, 11) is 1.70. The fourth-order valence-corrected chi connectivity index (χ4v) is 3.04. The van der Waals surface area contributed by atoms with Crippen LogP contribution in [0.15, 0.2) is 34.6 Å². The standard InChI is InChI=1S/C11H18O.C9H14O/c1-9-4-5-11(6-7-12-3)8-10(9)2;1-7-3-4-9(6-10)5-8(7)2/h6-7,11H,4-5,8H2,1-3H3;6,9H,3-5H2,1-2H3/b7-6+;. The summed E-state index contributed by atoms with van der Waals surface area (Å²) < 4.78 is 4.91. The van der Waals surface area contributed by atoms with Crippen molar-refractivity contribution >= 4 is 6.29 Å². The smallest absolute Gasteiger partial charge is 0.123 e. The molecule has 0 saturated heterocycles. The fourth-order valence-electron chi connectivity index (χ4n) is 3.04. The van der Waals surface area contributed by atoms with Gasteiger partial charge in [0.1, 0.15) is 6.29 Å². The monoisotopic (exact) mass is 304 g/mol. The normalized spacial score (nSPS) is 25.9. The highest BCUT2D eigenvalue weighted by Gasteiger charge is 2.15. The number of carbonyl (C=O) groups excluding carboxylic acids is 1. The van der Waals surface area contributed by atoms with Crippen LogP contribution in [0.1, 0.15) is 66.2 Å². The van der Waals surface area contributed by atoms with Crippen LogP contribution in [0, 0.1) is 11.8 Å². The molecule has 0 aromatic rings. The van der Waals surface area contributed by atoms with Crippen molar-refractivity contribution in [2.75, 3.05) is 7.11 Å². The lowest BCUT2D eigenvalue weighted by Crippen LogP contribution is -2.08. The van der Waals surface area contributed by atoms with Gasteiger partial charge in [-0.05, 0) is 78.2 Å². The summed E-state index contributed by atoms with van der Waals surface area (Å²) in [5.41, 5.74) is 6.05. The fraction of sp³-hybridized carbons (Fsp3) is 0.650. The number of allylic oxidation sites excluding steroid dienone is 5. The second-order valence-electron chi connectivity index (χ2n) is 6.83. The maximum absolute atomic E-state index is 10.4. The molecule has 0 N–H and O–H groups in total. The maximum atomic E-state index is 10.4. The van der Waals surface area contributed by atoms with E-state index in [2.05, 4.69) is 33.8 Å².